The van der Waals surface area contributed by atoms with Gasteiger partial charge in [-0.15, -0.1) is 0 Å². The van der Waals surface area contributed by atoms with Crippen molar-refractivity contribution in [3.63, 3.8) is 0 Å². The number of nitrogens with one attached hydrogen (secondary N) is 2. The molecule has 2 heteroatoms. The van der Waals surface area contributed by atoms with Crippen LogP contribution >= 0.6 is 0 Å². The lowest BCUT2D eigenvalue weighted by Crippen LogP contribution is -2.53. The minimum atomic E-state index is 0.158. The summed E-state index contributed by atoms with van der Waals surface area (Å²) < 4.78 is 0. The van der Waals surface area contributed by atoms with Crippen molar-refractivity contribution in [1.29, 1.82) is 0 Å². The van der Waals surface area contributed by atoms with E-state index in [4.69, 9.17) is 0 Å². The van der Waals surface area contributed by atoms with Gasteiger partial charge in [0.2, 0.25) is 0 Å². The van der Waals surface area contributed by atoms with Crippen LogP contribution in [0.15, 0.2) is 0 Å². The lowest BCUT2D eigenvalue weighted by atomic mass is 9.72. The summed E-state index contributed by atoms with van der Waals surface area (Å²) in [6, 6.07) is 0. The molecule has 18 heavy (non-hydrogen) atoms. The molecule has 0 spiro atoms. The quantitative estimate of drug-likeness (QED) is 0.752. The Morgan fingerprint density at radius 2 is 1.06 bits per heavy atom. The van der Waals surface area contributed by atoms with Crippen LogP contribution in [0.25, 0.3) is 0 Å². The Labute approximate surface area is 115 Å². The summed E-state index contributed by atoms with van der Waals surface area (Å²) in [7, 11) is 2.05. The predicted molar refractivity (Wildman–Crippen MR) is 83.1 cm³/mol. The van der Waals surface area contributed by atoms with Crippen molar-refractivity contribution in [3.8, 4) is 0 Å². The predicted octanol–water partition coefficient (Wildman–Crippen LogP) is 3.96. The Morgan fingerprint density at radius 1 is 0.667 bits per heavy atom. The molecule has 0 bridgehead atoms. The van der Waals surface area contributed by atoms with Gasteiger partial charge in [0.25, 0.3) is 0 Å². The highest BCUT2D eigenvalue weighted by atomic mass is 15.0. The highest BCUT2D eigenvalue weighted by Crippen LogP contribution is 2.36. The minimum Gasteiger partial charge on any atom is -0.315 e. The molecule has 0 heterocycles. The van der Waals surface area contributed by atoms with E-state index in [1.807, 2.05) is 0 Å². The maximum Gasteiger partial charge on any atom is 0.0135 e. The van der Waals surface area contributed by atoms with Crippen LogP contribution < -0.4 is 10.6 Å². The van der Waals surface area contributed by atoms with E-state index in [9.17, 15) is 0 Å². The molecule has 110 valence electrons. The van der Waals surface area contributed by atoms with Crippen LogP contribution in [0, 0.1) is 5.41 Å². The first-order chi connectivity index (χ1) is 7.68. The largest absolute Gasteiger partial charge is 0.315 e. The molecule has 0 amide bonds. The summed E-state index contributed by atoms with van der Waals surface area (Å²) in [6.07, 6.45) is 2.34. The van der Waals surface area contributed by atoms with Gasteiger partial charge in [-0.3, -0.25) is 0 Å². The fraction of sp³-hybridized carbons (Fsp3) is 1.00. The Balaban J connectivity index is 4.66. The molecule has 2 N–H and O–H groups in total. The summed E-state index contributed by atoms with van der Waals surface area (Å²) in [5, 5.41) is 7.15. The van der Waals surface area contributed by atoms with Crippen LogP contribution in [0.1, 0.15) is 75.2 Å². The lowest BCUT2D eigenvalue weighted by Gasteiger charge is -2.43. The second-order valence-corrected chi connectivity index (χ2v) is 8.91. The van der Waals surface area contributed by atoms with Gasteiger partial charge in [0, 0.05) is 16.6 Å². The Morgan fingerprint density at radius 3 is 1.39 bits per heavy atom. The molecule has 0 aliphatic heterocycles. The lowest BCUT2D eigenvalue weighted by molar-refractivity contribution is 0.146. The van der Waals surface area contributed by atoms with E-state index in [0.29, 0.717) is 5.41 Å². The molecule has 0 saturated heterocycles. The Bertz CT molecular complexity index is 257. The van der Waals surface area contributed by atoms with Crippen LogP contribution in [0.2, 0.25) is 0 Å². The van der Waals surface area contributed by atoms with Crippen LogP contribution in [-0.2, 0) is 0 Å². The molecule has 0 fully saturated rings. The molecule has 0 rings (SSSR count). The van der Waals surface area contributed by atoms with Gasteiger partial charge < -0.3 is 10.6 Å². The standard InChI is InChI=1S/C16H36N2/c1-13(2,3)18-16(8,9)12-14(4,5)11-15(6,7)17-10/h17-18H,11-12H2,1-10H3. The van der Waals surface area contributed by atoms with E-state index in [1.54, 1.807) is 0 Å². The zero-order valence-electron chi connectivity index (χ0n) is 14.4. The molecule has 0 radical (unpaired) electrons. The van der Waals surface area contributed by atoms with Crippen molar-refractivity contribution >= 4 is 0 Å². The highest BCUT2D eigenvalue weighted by molar-refractivity contribution is 4.93. The van der Waals surface area contributed by atoms with Crippen molar-refractivity contribution < 1.29 is 0 Å². The van der Waals surface area contributed by atoms with Gasteiger partial charge in [-0.25, -0.2) is 0 Å². The molecule has 0 aromatic carbocycles. The first-order valence-electron chi connectivity index (χ1n) is 7.16. The summed E-state index contributed by atoms with van der Waals surface area (Å²) in [4.78, 5) is 0. The monoisotopic (exact) mass is 256 g/mol. The number of rotatable bonds is 6. The molecular weight excluding hydrogens is 220 g/mol. The normalized spacial score (nSPS) is 15.0. The topological polar surface area (TPSA) is 24.1 Å². The number of hydrogen-bond acceptors (Lipinski definition) is 2. The molecule has 0 aliphatic carbocycles. The molecule has 2 nitrogen and oxygen atoms in total. The third-order valence-electron chi connectivity index (χ3n) is 3.23. The fourth-order valence-corrected chi connectivity index (χ4v) is 3.60. The van der Waals surface area contributed by atoms with Crippen molar-refractivity contribution in [2.75, 3.05) is 7.05 Å². The SMILES string of the molecule is CNC(C)(C)CC(C)(C)CC(C)(C)NC(C)(C)C. The van der Waals surface area contributed by atoms with Crippen molar-refractivity contribution in [2.45, 2.75) is 91.8 Å². The Hall–Kier alpha value is -0.0800. The van der Waals surface area contributed by atoms with E-state index in [0.717, 1.165) is 0 Å². The van der Waals surface area contributed by atoms with Crippen LogP contribution in [0.5, 0.6) is 0 Å². The number of hydrogen-bond donors (Lipinski definition) is 2. The maximum atomic E-state index is 3.73. The average molecular weight is 256 g/mol. The zero-order valence-corrected chi connectivity index (χ0v) is 14.4. The maximum absolute atomic E-state index is 3.73. The van der Waals surface area contributed by atoms with E-state index in [1.165, 1.54) is 12.8 Å². The third-order valence-corrected chi connectivity index (χ3v) is 3.23. The first kappa shape index (κ1) is 17.9. The van der Waals surface area contributed by atoms with E-state index in [2.05, 4.69) is 80.0 Å². The molecular formula is C16H36N2. The molecule has 0 aromatic rings. The second-order valence-electron chi connectivity index (χ2n) is 8.91. The van der Waals surface area contributed by atoms with Gasteiger partial charge in [-0.2, -0.15) is 0 Å². The second kappa shape index (κ2) is 5.50. The van der Waals surface area contributed by atoms with E-state index >= 15 is 0 Å². The van der Waals surface area contributed by atoms with E-state index < -0.39 is 0 Å². The van der Waals surface area contributed by atoms with Crippen molar-refractivity contribution in [1.82, 2.24) is 10.6 Å². The summed E-state index contributed by atoms with van der Waals surface area (Å²) in [5.74, 6) is 0. The minimum absolute atomic E-state index is 0.158. The van der Waals surface area contributed by atoms with Gasteiger partial charge in [0.05, 0.1) is 0 Å². The van der Waals surface area contributed by atoms with Crippen molar-refractivity contribution in [3.05, 3.63) is 0 Å². The van der Waals surface area contributed by atoms with Crippen molar-refractivity contribution in [2.24, 2.45) is 5.41 Å². The first-order valence-corrected chi connectivity index (χ1v) is 7.16. The average Bonchev–Trinajstić information content (AvgIpc) is 1.93. The molecule has 0 atom stereocenters. The van der Waals surface area contributed by atoms with Crippen LogP contribution in [-0.4, -0.2) is 23.7 Å². The van der Waals surface area contributed by atoms with Gasteiger partial charge in [0.1, 0.15) is 0 Å². The molecule has 0 saturated carbocycles. The molecule has 0 aliphatic rings. The summed E-state index contributed by atoms with van der Waals surface area (Å²) in [5.41, 5.74) is 0.833. The van der Waals surface area contributed by atoms with Gasteiger partial charge >= 0.3 is 0 Å². The van der Waals surface area contributed by atoms with Crippen LogP contribution in [0.3, 0.4) is 0 Å². The fourth-order valence-electron chi connectivity index (χ4n) is 3.60. The van der Waals surface area contributed by atoms with E-state index in [-0.39, 0.29) is 16.6 Å². The van der Waals surface area contributed by atoms with Gasteiger partial charge in [-0.05, 0) is 73.8 Å². The van der Waals surface area contributed by atoms with Crippen LogP contribution in [0.4, 0.5) is 0 Å². The molecule has 0 aromatic heterocycles. The van der Waals surface area contributed by atoms with Gasteiger partial charge in [-0.1, -0.05) is 13.8 Å². The molecule has 0 unspecified atom stereocenters. The zero-order chi connectivity index (χ0) is 14.8. The third kappa shape index (κ3) is 8.10. The van der Waals surface area contributed by atoms with Gasteiger partial charge in [0.15, 0.2) is 0 Å². The Kier molecular flexibility index (Phi) is 5.48. The summed E-state index contributed by atoms with van der Waals surface area (Å²) >= 11 is 0. The summed E-state index contributed by atoms with van der Waals surface area (Å²) in [6.45, 7) is 20.6. The smallest absolute Gasteiger partial charge is 0.0135 e. The highest BCUT2D eigenvalue weighted by Gasteiger charge is 2.34.